The Bertz CT molecular complexity index is 815. The van der Waals surface area contributed by atoms with Crippen molar-refractivity contribution in [1.82, 2.24) is 0 Å². The molecule has 2 rings (SSSR count). The van der Waals surface area contributed by atoms with Gasteiger partial charge in [-0.1, -0.05) is 23.7 Å². The molecular formula is C18H16ClNO4. The normalized spacial score (nSPS) is 10.7. The summed E-state index contributed by atoms with van der Waals surface area (Å²) in [5.41, 5.74) is 2.64. The van der Waals surface area contributed by atoms with Gasteiger partial charge in [0.1, 0.15) is 0 Å². The average Bonchev–Trinajstić information content (AvgIpc) is 2.61. The summed E-state index contributed by atoms with van der Waals surface area (Å²) in [5.74, 6) is -1.10. The van der Waals surface area contributed by atoms with Crippen molar-refractivity contribution in [3.8, 4) is 0 Å². The Labute approximate surface area is 144 Å². The molecular weight excluding hydrogens is 330 g/mol. The number of ether oxygens (including phenoxy) is 2. The summed E-state index contributed by atoms with van der Waals surface area (Å²) in [5, 5.41) is 0.571. The summed E-state index contributed by atoms with van der Waals surface area (Å²) in [6.45, 7) is 1.91. The minimum absolute atomic E-state index is 0.226. The molecule has 6 heteroatoms. The third kappa shape index (κ3) is 4.00. The molecule has 0 heterocycles. The third-order valence-corrected chi connectivity index (χ3v) is 3.63. The highest BCUT2D eigenvalue weighted by Gasteiger charge is 2.15. The van der Waals surface area contributed by atoms with Crippen molar-refractivity contribution in [3.63, 3.8) is 0 Å². The van der Waals surface area contributed by atoms with Crippen molar-refractivity contribution < 1.29 is 19.1 Å². The van der Waals surface area contributed by atoms with Crippen LogP contribution in [0.1, 0.15) is 31.8 Å². The summed E-state index contributed by atoms with van der Waals surface area (Å²) in [6.07, 6.45) is 1.53. The Morgan fingerprint density at radius 2 is 1.75 bits per heavy atom. The Balaban J connectivity index is 2.45. The number of carbonyl (C=O) groups is 2. The number of aliphatic imine (C=N–C) groups is 1. The van der Waals surface area contributed by atoms with Crippen LogP contribution in [0, 0.1) is 6.92 Å². The first-order chi connectivity index (χ1) is 11.5. The maximum atomic E-state index is 12.0. The van der Waals surface area contributed by atoms with Gasteiger partial charge in [0.05, 0.1) is 31.0 Å². The summed E-state index contributed by atoms with van der Waals surface area (Å²) >= 11 is 5.97. The molecule has 0 aliphatic rings. The van der Waals surface area contributed by atoms with Crippen LogP contribution in [0.25, 0.3) is 0 Å². The van der Waals surface area contributed by atoms with Gasteiger partial charge < -0.3 is 9.47 Å². The molecule has 0 N–H and O–H groups in total. The van der Waals surface area contributed by atoms with Gasteiger partial charge in [0, 0.05) is 16.8 Å². The van der Waals surface area contributed by atoms with Crippen LogP contribution in [0.3, 0.4) is 0 Å². The molecule has 2 aromatic rings. The zero-order chi connectivity index (χ0) is 17.7. The van der Waals surface area contributed by atoms with E-state index in [0.717, 1.165) is 5.56 Å². The Hall–Kier alpha value is -2.66. The largest absolute Gasteiger partial charge is 0.465 e. The number of halogens is 1. The van der Waals surface area contributed by atoms with Crippen LogP contribution in [0.4, 0.5) is 5.69 Å². The number of benzene rings is 2. The van der Waals surface area contributed by atoms with Gasteiger partial charge in [-0.3, -0.25) is 4.99 Å². The van der Waals surface area contributed by atoms with Crippen LogP contribution < -0.4 is 0 Å². The van der Waals surface area contributed by atoms with Crippen LogP contribution in [-0.4, -0.2) is 32.4 Å². The molecule has 2 aromatic carbocycles. The van der Waals surface area contributed by atoms with Gasteiger partial charge in [0.25, 0.3) is 0 Å². The number of esters is 2. The third-order valence-electron chi connectivity index (χ3n) is 3.39. The number of aryl methyl sites for hydroxylation is 1. The predicted molar refractivity (Wildman–Crippen MR) is 92.6 cm³/mol. The fourth-order valence-electron chi connectivity index (χ4n) is 2.06. The van der Waals surface area contributed by atoms with Crippen molar-refractivity contribution in [2.24, 2.45) is 4.99 Å². The van der Waals surface area contributed by atoms with E-state index in [0.29, 0.717) is 16.3 Å². The highest BCUT2D eigenvalue weighted by atomic mass is 35.5. The highest BCUT2D eigenvalue weighted by molar-refractivity contribution is 6.30. The van der Waals surface area contributed by atoms with E-state index >= 15 is 0 Å². The second kappa shape index (κ2) is 7.75. The maximum absolute atomic E-state index is 12.0. The predicted octanol–water partition coefficient (Wildman–Crippen LogP) is 3.97. The molecule has 0 radical (unpaired) electrons. The first kappa shape index (κ1) is 17.7. The number of nitrogens with zero attached hydrogens (tertiary/aromatic N) is 1. The van der Waals surface area contributed by atoms with Gasteiger partial charge in [-0.05, 0) is 36.8 Å². The van der Waals surface area contributed by atoms with E-state index in [1.165, 1.54) is 26.5 Å². The molecule has 0 atom stereocenters. The van der Waals surface area contributed by atoms with E-state index in [1.54, 1.807) is 24.3 Å². The van der Waals surface area contributed by atoms with Gasteiger partial charge in [-0.25, -0.2) is 9.59 Å². The molecule has 0 aliphatic heterocycles. The molecule has 0 spiro atoms. The number of rotatable bonds is 4. The van der Waals surface area contributed by atoms with Gasteiger partial charge >= 0.3 is 11.9 Å². The van der Waals surface area contributed by atoms with Crippen LogP contribution in [0.2, 0.25) is 5.02 Å². The van der Waals surface area contributed by atoms with E-state index in [9.17, 15) is 9.59 Å². The molecule has 5 nitrogen and oxygen atoms in total. The van der Waals surface area contributed by atoms with Crippen LogP contribution >= 0.6 is 11.6 Å². The molecule has 124 valence electrons. The lowest BCUT2D eigenvalue weighted by Crippen LogP contribution is -2.09. The summed E-state index contributed by atoms with van der Waals surface area (Å²) in [7, 11) is 2.55. The molecule has 0 aromatic heterocycles. The van der Waals surface area contributed by atoms with E-state index in [1.807, 2.05) is 13.0 Å². The first-order valence-electron chi connectivity index (χ1n) is 7.07. The monoisotopic (exact) mass is 345 g/mol. The number of hydrogen-bond acceptors (Lipinski definition) is 5. The number of hydrogen-bond donors (Lipinski definition) is 0. The molecule has 0 aliphatic carbocycles. The Morgan fingerprint density at radius 1 is 1.04 bits per heavy atom. The van der Waals surface area contributed by atoms with E-state index in [4.69, 9.17) is 16.3 Å². The van der Waals surface area contributed by atoms with Crippen LogP contribution in [-0.2, 0) is 9.47 Å². The molecule has 0 saturated carbocycles. The molecule has 0 fully saturated rings. The molecule has 0 amide bonds. The average molecular weight is 346 g/mol. The van der Waals surface area contributed by atoms with Crippen molar-refractivity contribution in [2.45, 2.75) is 6.92 Å². The SMILES string of the molecule is COC(=O)c1ccc(/C=N/c2cc(Cl)ccc2C)c(C(=O)OC)c1. The van der Waals surface area contributed by atoms with Crippen molar-refractivity contribution in [2.75, 3.05) is 14.2 Å². The zero-order valence-corrected chi connectivity index (χ0v) is 14.3. The van der Waals surface area contributed by atoms with Gasteiger partial charge in [0.15, 0.2) is 0 Å². The lowest BCUT2D eigenvalue weighted by Gasteiger charge is -2.07. The molecule has 0 bridgehead atoms. The minimum atomic E-state index is -0.565. The van der Waals surface area contributed by atoms with Crippen LogP contribution in [0.5, 0.6) is 0 Å². The van der Waals surface area contributed by atoms with Gasteiger partial charge in [0.2, 0.25) is 0 Å². The minimum Gasteiger partial charge on any atom is -0.465 e. The number of methoxy groups -OCH3 is 2. The zero-order valence-electron chi connectivity index (χ0n) is 13.5. The summed E-state index contributed by atoms with van der Waals surface area (Å²) < 4.78 is 9.43. The van der Waals surface area contributed by atoms with Gasteiger partial charge in [-0.15, -0.1) is 0 Å². The second-order valence-electron chi connectivity index (χ2n) is 4.97. The summed E-state index contributed by atoms with van der Waals surface area (Å²) in [4.78, 5) is 28.0. The first-order valence-corrected chi connectivity index (χ1v) is 7.45. The maximum Gasteiger partial charge on any atom is 0.338 e. The topological polar surface area (TPSA) is 65.0 Å². The second-order valence-corrected chi connectivity index (χ2v) is 5.41. The fraction of sp³-hybridized carbons (Fsp3) is 0.167. The highest BCUT2D eigenvalue weighted by Crippen LogP contribution is 2.23. The quantitative estimate of drug-likeness (QED) is 0.621. The van der Waals surface area contributed by atoms with Crippen molar-refractivity contribution in [1.29, 1.82) is 0 Å². The van der Waals surface area contributed by atoms with Gasteiger partial charge in [-0.2, -0.15) is 0 Å². The van der Waals surface area contributed by atoms with Crippen molar-refractivity contribution in [3.05, 3.63) is 63.7 Å². The van der Waals surface area contributed by atoms with Crippen molar-refractivity contribution >= 4 is 35.4 Å². The van der Waals surface area contributed by atoms with E-state index in [2.05, 4.69) is 9.73 Å². The molecule has 24 heavy (non-hydrogen) atoms. The smallest absolute Gasteiger partial charge is 0.338 e. The van der Waals surface area contributed by atoms with Crippen LogP contribution in [0.15, 0.2) is 41.4 Å². The fourth-order valence-corrected chi connectivity index (χ4v) is 2.23. The Kier molecular flexibility index (Phi) is 5.71. The molecule has 0 unspecified atom stereocenters. The summed E-state index contributed by atoms with van der Waals surface area (Å²) in [6, 6.07) is 9.96. The lowest BCUT2D eigenvalue weighted by atomic mass is 10.0. The standard InChI is InChI=1S/C18H16ClNO4/c1-11-4-7-14(19)9-16(11)20-10-13-6-5-12(17(21)23-2)8-15(13)18(22)24-3/h4-10H,1-3H3/b20-10+. The van der Waals surface area contributed by atoms with E-state index in [-0.39, 0.29) is 11.1 Å². The van der Waals surface area contributed by atoms with E-state index < -0.39 is 11.9 Å². The molecule has 0 saturated heterocycles. The Morgan fingerprint density at radius 3 is 2.42 bits per heavy atom. The lowest BCUT2D eigenvalue weighted by molar-refractivity contribution is 0.0599. The number of carbonyl (C=O) groups excluding carboxylic acids is 2.